The van der Waals surface area contributed by atoms with Gasteiger partial charge >= 0.3 is 0 Å². The molecule has 1 aliphatic carbocycles. The van der Waals surface area contributed by atoms with Gasteiger partial charge in [-0.25, -0.2) is 9.67 Å². The van der Waals surface area contributed by atoms with Gasteiger partial charge in [0.05, 0.1) is 22.1 Å². The monoisotopic (exact) mass is 435 g/mol. The molecule has 2 aromatic heterocycles. The average Bonchev–Trinajstić information content (AvgIpc) is 3.42. The van der Waals surface area contributed by atoms with Crippen LogP contribution in [0, 0.1) is 0 Å². The first-order chi connectivity index (χ1) is 14.9. The van der Waals surface area contributed by atoms with Crippen molar-refractivity contribution in [2.24, 2.45) is 0 Å². The van der Waals surface area contributed by atoms with E-state index in [2.05, 4.69) is 46.9 Å². The molecule has 3 aromatic rings. The molecule has 7 heteroatoms. The number of carbonyl (C=O) groups is 1. The molecule has 0 spiro atoms. The minimum Gasteiger partial charge on any atom is -0.311 e. The molecule has 0 bridgehead atoms. The molecule has 32 heavy (non-hydrogen) atoms. The van der Waals surface area contributed by atoms with Gasteiger partial charge in [0.15, 0.2) is 0 Å². The zero-order valence-electron chi connectivity index (χ0n) is 19.9. The Labute approximate surface area is 188 Å². The Balaban J connectivity index is 1.57. The van der Waals surface area contributed by atoms with Crippen molar-refractivity contribution >= 4 is 22.6 Å². The number of anilines is 1. The first-order valence-corrected chi connectivity index (χ1v) is 11.4. The van der Waals surface area contributed by atoms with Crippen molar-refractivity contribution in [1.29, 1.82) is 0 Å². The van der Waals surface area contributed by atoms with Gasteiger partial charge in [-0.1, -0.05) is 32.9 Å². The highest BCUT2D eigenvalue weighted by Crippen LogP contribution is 2.35. The molecular formula is C25H33N5O2. The first kappa shape index (κ1) is 22.2. The van der Waals surface area contributed by atoms with E-state index in [1.54, 1.807) is 4.57 Å². The van der Waals surface area contributed by atoms with E-state index in [9.17, 15) is 9.59 Å². The molecule has 4 rings (SSSR count). The number of para-hydroxylation sites is 1. The van der Waals surface area contributed by atoms with Crippen LogP contribution in [0.3, 0.4) is 0 Å². The number of aryl methyl sites for hydroxylation is 1. The number of hydrogen-bond donors (Lipinski definition) is 1. The van der Waals surface area contributed by atoms with Crippen LogP contribution in [-0.2, 0) is 22.2 Å². The Hall–Kier alpha value is -2.96. The van der Waals surface area contributed by atoms with Gasteiger partial charge in [-0.2, -0.15) is 5.10 Å². The van der Waals surface area contributed by atoms with Crippen LogP contribution in [0.4, 0.5) is 5.82 Å². The molecule has 1 aromatic carbocycles. The molecule has 0 saturated heterocycles. The standard InChI is InChI=1S/C25H33N5O2/c1-24(2,3)19-15-21(30(28-19)25(4,5)6)27-22(31)14-13-20-26-18-10-8-7-9-17(18)23(32)29(20)16-11-12-16/h7-10,15-16H,11-14H2,1-6H3,(H,27,31). The highest BCUT2D eigenvalue weighted by Gasteiger charge is 2.29. The van der Waals surface area contributed by atoms with Crippen LogP contribution < -0.4 is 10.9 Å². The molecule has 170 valence electrons. The molecule has 0 aliphatic heterocycles. The summed E-state index contributed by atoms with van der Waals surface area (Å²) in [4.78, 5) is 30.7. The number of carbonyl (C=O) groups excluding carboxylic acids is 1. The highest BCUT2D eigenvalue weighted by molar-refractivity contribution is 5.90. The molecule has 1 N–H and O–H groups in total. The van der Waals surface area contributed by atoms with Gasteiger partial charge < -0.3 is 5.32 Å². The van der Waals surface area contributed by atoms with E-state index in [4.69, 9.17) is 10.1 Å². The Bertz CT molecular complexity index is 1220. The van der Waals surface area contributed by atoms with E-state index in [1.165, 1.54) is 0 Å². The smallest absolute Gasteiger partial charge is 0.261 e. The largest absolute Gasteiger partial charge is 0.311 e. The third kappa shape index (κ3) is 4.47. The molecule has 1 fully saturated rings. The van der Waals surface area contributed by atoms with Crippen molar-refractivity contribution in [3.05, 3.63) is 52.2 Å². The second-order valence-electron chi connectivity index (χ2n) is 10.7. The van der Waals surface area contributed by atoms with Gasteiger partial charge in [-0.15, -0.1) is 0 Å². The third-order valence-corrected chi connectivity index (χ3v) is 5.75. The second-order valence-corrected chi connectivity index (χ2v) is 10.7. The maximum absolute atomic E-state index is 13.0. The van der Waals surface area contributed by atoms with E-state index in [-0.39, 0.29) is 34.9 Å². The third-order valence-electron chi connectivity index (χ3n) is 5.75. The summed E-state index contributed by atoms with van der Waals surface area (Å²) >= 11 is 0. The predicted molar refractivity (Wildman–Crippen MR) is 127 cm³/mol. The van der Waals surface area contributed by atoms with Gasteiger partial charge in [0.2, 0.25) is 5.91 Å². The number of nitrogens with zero attached hydrogens (tertiary/aromatic N) is 4. The fourth-order valence-corrected chi connectivity index (χ4v) is 3.86. The van der Waals surface area contributed by atoms with E-state index in [0.717, 1.165) is 18.5 Å². The van der Waals surface area contributed by atoms with Crippen LogP contribution >= 0.6 is 0 Å². The van der Waals surface area contributed by atoms with E-state index >= 15 is 0 Å². The normalized spacial score (nSPS) is 14.7. The van der Waals surface area contributed by atoms with E-state index in [0.29, 0.717) is 29.0 Å². The van der Waals surface area contributed by atoms with Crippen molar-refractivity contribution in [3.8, 4) is 0 Å². The Kier molecular flexibility index (Phi) is 5.47. The number of benzene rings is 1. The number of rotatable bonds is 5. The molecule has 1 aliphatic rings. The van der Waals surface area contributed by atoms with Crippen LogP contribution in [0.1, 0.15) is 78.4 Å². The predicted octanol–water partition coefficient (Wildman–Crippen LogP) is 4.55. The van der Waals surface area contributed by atoms with Crippen molar-refractivity contribution in [2.45, 2.75) is 84.2 Å². The summed E-state index contributed by atoms with van der Waals surface area (Å²) in [5.74, 6) is 1.27. The van der Waals surface area contributed by atoms with Crippen LogP contribution in [0.15, 0.2) is 35.1 Å². The number of amides is 1. The summed E-state index contributed by atoms with van der Waals surface area (Å²) in [6.07, 6.45) is 2.63. The van der Waals surface area contributed by atoms with Crippen LogP contribution in [-0.4, -0.2) is 25.2 Å². The van der Waals surface area contributed by atoms with E-state index in [1.807, 2.05) is 35.0 Å². The lowest BCUT2D eigenvalue weighted by Gasteiger charge is -2.23. The summed E-state index contributed by atoms with van der Waals surface area (Å²) in [5.41, 5.74) is 1.23. The second kappa shape index (κ2) is 7.87. The Morgan fingerprint density at radius 2 is 1.81 bits per heavy atom. The lowest BCUT2D eigenvalue weighted by molar-refractivity contribution is -0.116. The molecule has 2 heterocycles. The van der Waals surface area contributed by atoms with Gasteiger partial charge in [0.25, 0.3) is 5.56 Å². The molecule has 0 radical (unpaired) electrons. The quantitative estimate of drug-likeness (QED) is 0.637. The van der Waals surface area contributed by atoms with Gasteiger partial charge in [-0.3, -0.25) is 14.2 Å². The van der Waals surface area contributed by atoms with Gasteiger partial charge in [0.1, 0.15) is 11.6 Å². The van der Waals surface area contributed by atoms with Crippen molar-refractivity contribution in [3.63, 3.8) is 0 Å². The zero-order valence-corrected chi connectivity index (χ0v) is 19.9. The van der Waals surface area contributed by atoms with E-state index < -0.39 is 0 Å². The lowest BCUT2D eigenvalue weighted by atomic mass is 9.92. The molecular weight excluding hydrogens is 402 g/mol. The van der Waals surface area contributed by atoms with Gasteiger partial charge in [-0.05, 0) is 45.7 Å². The summed E-state index contributed by atoms with van der Waals surface area (Å²) in [7, 11) is 0. The summed E-state index contributed by atoms with van der Waals surface area (Å²) in [5, 5.41) is 8.44. The number of nitrogens with one attached hydrogen (secondary N) is 1. The molecule has 7 nitrogen and oxygen atoms in total. The summed E-state index contributed by atoms with van der Waals surface area (Å²) < 4.78 is 3.67. The van der Waals surface area contributed by atoms with Crippen molar-refractivity contribution in [2.75, 3.05) is 5.32 Å². The van der Waals surface area contributed by atoms with Crippen LogP contribution in [0.2, 0.25) is 0 Å². The maximum atomic E-state index is 13.0. The topological polar surface area (TPSA) is 81.8 Å². The Morgan fingerprint density at radius 1 is 1.12 bits per heavy atom. The Morgan fingerprint density at radius 3 is 2.44 bits per heavy atom. The average molecular weight is 436 g/mol. The minimum absolute atomic E-state index is 0.00543. The van der Waals surface area contributed by atoms with Crippen LogP contribution in [0.5, 0.6) is 0 Å². The fourth-order valence-electron chi connectivity index (χ4n) is 3.86. The summed E-state index contributed by atoms with van der Waals surface area (Å²) in [6, 6.07) is 9.58. The number of hydrogen-bond acceptors (Lipinski definition) is 4. The molecule has 1 saturated carbocycles. The van der Waals surface area contributed by atoms with Crippen molar-refractivity contribution < 1.29 is 4.79 Å². The van der Waals surface area contributed by atoms with Crippen LogP contribution in [0.25, 0.3) is 10.9 Å². The zero-order chi connectivity index (χ0) is 23.3. The first-order valence-electron chi connectivity index (χ1n) is 11.4. The number of aromatic nitrogens is 4. The molecule has 1 amide bonds. The number of fused-ring (bicyclic) bond motifs is 1. The summed E-state index contributed by atoms with van der Waals surface area (Å²) in [6.45, 7) is 12.5. The van der Waals surface area contributed by atoms with Crippen molar-refractivity contribution in [1.82, 2.24) is 19.3 Å². The molecule has 0 atom stereocenters. The highest BCUT2D eigenvalue weighted by atomic mass is 16.1. The minimum atomic E-state index is -0.265. The van der Waals surface area contributed by atoms with Gasteiger partial charge in [0, 0.05) is 30.4 Å². The fraction of sp³-hybridized carbons (Fsp3) is 0.520. The SMILES string of the molecule is CC(C)(C)c1cc(NC(=O)CCc2nc3ccccc3c(=O)n2C2CC2)n(C(C)(C)C)n1. The maximum Gasteiger partial charge on any atom is 0.261 e. The molecule has 0 unspecified atom stereocenters. The lowest BCUT2D eigenvalue weighted by Crippen LogP contribution is -2.28.